The van der Waals surface area contributed by atoms with Gasteiger partial charge in [0.1, 0.15) is 12.2 Å². The number of carboxylic acids is 1. The average Bonchev–Trinajstić information content (AvgIpc) is 3.32. The number of likely N-dealkylation sites (tertiary alicyclic amines) is 1. The summed E-state index contributed by atoms with van der Waals surface area (Å²) in [5.74, 6) is -1.42. The number of benzene rings is 1. The van der Waals surface area contributed by atoms with E-state index in [9.17, 15) is 23.9 Å². The summed E-state index contributed by atoms with van der Waals surface area (Å²) >= 11 is 0. The van der Waals surface area contributed by atoms with Gasteiger partial charge in [-0.1, -0.05) is 38.1 Å². The van der Waals surface area contributed by atoms with Crippen molar-refractivity contribution in [1.82, 2.24) is 19.8 Å². The van der Waals surface area contributed by atoms with Crippen LogP contribution in [0, 0.1) is 19.8 Å². The summed E-state index contributed by atoms with van der Waals surface area (Å²) in [6, 6.07) is 9.32. The zero-order chi connectivity index (χ0) is 29.7. The molecule has 1 aliphatic rings. The van der Waals surface area contributed by atoms with Gasteiger partial charge in [-0.25, -0.2) is 4.39 Å². The van der Waals surface area contributed by atoms with Crippen LogP contribution in [0.1, 0.15) is 67.4 Å². The molecule has 1 amide bonds. The first-order valence-electron chi connectivity index (χ1n) is 14.1. The molecule has 0 bridgehead atoms. The van der Waals surface area contributed by atoms with Gasteiger partial charge in [-0.3, -0.25) is 24.3 Å². The van der Waals surface area contributed by atoms with Gasteiger partial charge in [0.05, 0.1) is 12.5 Å². The number of nitrogens with zero attached hydrogens (tertiary/aromatic N) is 3. The molecule has 0 saturated carbocycles. The summed E-state index contributed by atoms with van der Waals surface area (Å²) in [5, 5.41) is 12.6. The molecule has 2 unspecified atom stereocenters. The topological polar surface area (TPSA) is 105 Å². The Balaban J connectivity index is 1.64. The van der Waals surface area contributed by atoms with Crippen molar-refractivity contribution in [1.29, 1.82) is 0 Å². The molecule has 4 rings (SSSR count). The van der Waals surface area contributed by atoms with Gasteiger partial charge < -0.3 is 15.0 Å². The van der Waals surface area contributed by atoms with E-state index in [0.29, 0.717) is 38.0 Å². The normalized spacial score (nSPS) is 17.0. The fourth-order valence-corrected chi connectivity index (χ4v) is 5.62. The maximum Gasteiger partial charge on any atom is 0.305 e. The van der Waals surface area contributed by atoms with Crippen molar-refractivity contribution in [3.63, 3.8) is 0 Å². The van der Waals surface area contributed by atoms with Crippen molar-refractivity contribution in [2.24, 2.45) is 5.92 Å². The lowest BCUT2D eigenvalue weighted by Crippen LogP contribution is -2.40. The number of aromatic nitrogens is 2. The average molecular weight is 563 g/mol. The van der Waals surface area contributed by atoms with Crippen LogP contribution in [-0.2, 0) is 16.1 Å². The van der Waals surface area contributed by atoms with Gasteiger partial charge >= 0.3 is 5.97 Å². The molecular formula is C32H39FN4O4. The number of carbonyl (C=O) groups excluding carboxylic acids is 1. The van der Waals surface area contributed by atoms with Gasteiger partial charge in [0.15, 0.2) is 0 Å². The molecule has 41 heavy (non-hydrogen) atoms. The van der Waals surface area contributed by atoms with Crippen LogP contribution in [0.2, 0.25) is 0 Å². The first-order chi connectivity index (χ1) is 19.5. The van der Waals surface area contributed by atoms with Crippen molar-refractivity contribution in [2.75, 3.05) is 13.1 Å². The Morgan fingerprint density at radius 1 is 1.15 bits per heavy atom. The van der Waals surface area contributed by atoms with Gasteiger partial charge in [-0.15, -0.1) is 0 Å². The minimum absolute atomic E-state index is 0.0825. The SMILES string of the molecule is Cc1cccc(C)c1-c1cncc(C(CC(=O)O)NC(=O)C(CC(C)C)n2cc(CN3CC[C@@H](F)C3)ccc2=O)c1. The van der Waals surface area contributed by atoms with Crippen LogP contribution < -0.4 is 10.9 Å². The number of halogens is 1. The third-order valence-electron chi connectivity index (χ3n) is 7.58. The molecule has 0 aliphatic carbocycles. The highest BCUT2D eigenvalue weighted by atomic mass is 19.1. The standard InChI is InChI=1S/C32H39FN4O4/c1-20(2)12-28(37-18-23(8-9-29(37)38)17-36-11-10-26(33)19-36)32(41)35-27(14-30(39)40)24-13-25(16-34-15-24)31-21(3)6-5-7-22(31)4/h5-9,13,15-16,18,20,26-28H,10-12,14,17,19H2,1-4H3,(H,35,41)(H,39,40)/t26-,27?,28?/m1/s1. The molecule has 3 aromatic rings. The Morgan fingerprint density at radius 3 is 2.51 bits per heavy atom. The maximum absolute atomic E-state index is 13.8. The molecule has 2 aromatic heterocycles. The monoisotopic (exact) mass is 562 g/mol. The van der Waals surface area contributed by atoms with E-state index in [4.69, 9.17) is 0 Å². The summed E-state index contributed by atoms with van der Waals surface area (Å²) in [6.07, 6.45) is 4.66. The fraction of sp³-hybridized carbons (Fsp3) is 0.438. The van der Waals surface area contributed by atoms with Gasteiger partial charge in [-0.2, -0.15) is 0 Å². The molecule has 1 saturated heterocycles. The first kappa shape index (κ1) is 30.1. The Morgan fingerprint density at radius 2 is 1.88 bits per heavy atom. The van der Waals surface area contributed by atoms with Gasteiger partial charge in [0.2, 0.25) is 5.91 Å². The van der Waals surface area contributed by atoms with Crippen LogP contribution >= 0.6 is 0 Å². The quantitative estimate of drug-likeness (QED) is 0.341. The van der Waals surface area contributed by atoms with Crippen LogP contribution in [-0.4, -0.2) is 50.7 Å². The number of aryl methyl sites for hydroxylation is 2. The third-order valence-corrected chi connectivity index (χ3v) is 7.58. The predicted octanol–water partition coefficient (Wildman–Crippen LogP) is 4.99. The number of hydrogen-bond donors (Lipinski definition) is 2. The van der Waals surface area contributed by atoms with Crippen molar-refractivity contribution >= 4 is 11.9 Å². The zero-order valence-corrected chi connectivity index (χ0v) is 24.1. The van der Waals surface area contributed by atoms with Crippen molar-refractivity contribution in [2.45, 2.75) is 71.8 Å². The summed E-state index contributed by atoms with van der Waals surface area (Å²) in [6.45, 7) is 9.42. The Bertz CT molecular complexity index is 1430. The van der Waals surface area contributed by atoms with Gasteiger partial charge in [0, 0.05) is 49.9 Å². The molecular weight excluding hydrogens is 523 g/mol. The number of carbonyl (C=O) groups is 2. The van der Waals surface area contributed by atoms with Gasteiger partial charge in [0.25, 0.3) is 5.56 Å². The number of nitrogens with one attached hydrogen (secondary N) is 1. The molecule has 3 atom stereocenters. The second-order valence-corrected chi connectivity index (χ2v) is 11.5. The molecule has 9 heteroatoms. The molecule has 218 valence electrons. The van der Waals surface area contributed by atoms with E-state index < -0.39 is 30.1 Å². The second kappa shape index (κ2) is 13.2. The van der Waals surface area contributed by atoms with E-state index in [1.807, 2.05) is 56.9 Å². The minimum atomic E-state index is -1.07. The van der Waals surface area contributed by atoms with E-state index >= 15 is 0 Å². The number of rotatable bonds is 11. The fourth-order valence-electron chi connectivity index (χ4n) is 5.62. The van der Waals surface area contributed by atoms with E-state index in [-0.39, 0.29) is 17.9 Å². The lowest BCUT2D eigenvalue weighted by Gasteiger charge is -2.26. The van der Waals surface area contributed by atoms with Crippen LogP contribution in [0.3, 0.4) is 0 Å². The van der Waals surface area contributed by atoms with E-state index in [0.717, 1.165) is 27.8 Å². The lowest BCUT2D eigenvalue weighted by molar-refractivity contribution is -0.138. The van der Waals surface area contributed by atoms with Crippen LogP contribution in [0.5, 0.6) is 0 Å². The Labute approximate surface area is 240 Å². The number of alkyl halides is 1. The van der Waals surface area contributed by atoms with E-state index in [2.05, 4.69) is 10.3 Å². The Hall–Kier alpha value is -3.85. The molecule has 8 nitrogen and oxygen atoms in total. The van der Waals surface area contributed by atoms with Crippen LogP contribution in [0.15, 0.2) is 59.8 Å². The lowest BCUT2D eigenvalue weighted by atomic mass is 9.94. The number of carboxylic acid groups (broad SMARTS) is 1. The summed E-state index contributed by atoms with van der Waals surface area (Å²) in [4.78, 5) is 45.1. The van der Waals surface area contributed by atoms with Crippen LogP contribution in [0.4, 0.5) is 4.39 Å². The molecule has 1 aromatic carbocycles. The molecule has 1 aliphatic heterocycles. The van der Waals surface area contributed by atoms with E-state index in [1.54, 1.807) is 24.7 Å². The van der Waals surface area contributed by atoms with Crippen LogP contribution in [0.25, 0.3) is 11.1 Å². The van der Waals surface area contributed by atoms with Crippen molar-refractivity contribution < 1.29 is 19.1 Å². The number of amides is 1. The summed E-state index contributed by atoms with van der Waals surface area (Å²) in [5.41, 5.74) is 5.04. The molecule has 0 radical (unpaired) electrons. The second-order valence-electron chi connectivity index (χ2n) is 11.5. The highest BCUT2D eigenvalue weighted by Crippen LogP contribution is 2.30. The molecule has 0 spiro atoms. The van der Waals surface area contributed by atoms with Gasteiger partial charge in [-0.05, 0) is 66.5 Å². The smallest absolute Gasteiger partial charge is 0.305 e. The molecule has 1 fully saturated rings. The highest BCUT2D eigenvalue weighted by Gasteiger charge is 2.28. The largest absolute Gasteiger partial charge is 0.481 e. The predicted molar refractivity (Wildman–Crippen MR) is 156 cm³/mol. The summed E-state index contributed by atoms with van der Waals surface area (Å²) in [7, 11) is 0. The van der Waals surface area contributed by atoms with Crippen molar-refractivity contribution in [3.05, 3.63) is 87.6 Å². The zero-order valence-electron chi connectivity index (χ0n) is 24.1. The number of aliphatic carboxylic acids is 1. The number of hydrogen-bond acceptors (Lipinski definition) is 5. The maximum atomic E-state index is 13.8. The number of pyridine rings is 2. The molecule has 2 N–H and O–H groups in total. The minimum Gasteiger partial charge on any atom is -0.481 e. The Kier molecular flexibility index (Phi) is 9.70. The first-order valence-corrected chi connectivity index (χ1v) is 14.1. The van der Waals surface area contributed by atoms with E-state index in [1.165, 1.54) is 10.6 Å². The molecule has 3 heterocycles. The van der Waals surface area contributed by atoms with Crippen molar-refractivity contribution in [3.8, 4) is 11.1 Å². The highest BCUT2D eigenvalue weighted by molar-refractivity contribution is 5.82. The summed E-state index contributed by atoms with van der Waals surface area (Å²) < 4.78 is 15.1. The third kappa shape index (κ3) is 7.67.